The van der Waals surface area contributed by atoms with E-state index in [9.17, 15) is 14.4 Å². The number of pyridine rings is 1. The predicted octanol–water partition coefficient (Wildman–Crippen LogP) is 4.01. The Balaban J connectivity index is 2.19. The number of halogens is 1. The van der Waals surface area contributed by atoms with Gasteiger partial charge < -0.3 is 5.32 Å². The first-order valence-electron chi connectivity index (χ1n) is 9.29. The highest BCUT2D eigenvalue weighted by atomic mass is 35.5. The van der Waals surface area contributed by atoms with Gasteiger partial charge in [-0.3, -0.25) is 19.0 Å². The van der Waals surface area contributed by atoms with Gasteiger partial charge in [-0.25, -0.2) is 0 Å². The van der Waals surface area contributed by atoms with Crippen molar-refractivity contribution in [3.05, 3.63) is 69.6 Å². The predicted molar refractivity (Wildman–Crippen MR) is 107 cm³/mol. The minimum Gasteiger partial charge on any atom is -0.354 e. The molecule has 0 unspecified atom stereocenters. The zero-order valence-electron chi connectivity index (χ0n) is 15.5. The molecule has 0 aliphatic rings. The van der Waals surface area contributed by atoms with E-state index in [1.807, 2.05) is 0 Å². The molecule has 1 amide bonds. The van der Waals surface area contributed by atoms with Gasteiger partial charge in [0.05, 0.1) is 5.02 Å². The summed E-state index contributed by atoms with van der Waals surface area (Å²) in [5, 5.41) is 3.08. The Morgan fingerprint density at radius 2 is 1.74 bits per heavy atom. The van der Waals surface area contributed by atoms with Crippen molar-refractivity contribution in [2.45, 2.75) is 45.1 Å². The molecule has 0 aliphatic carbocycles. The molecule has 0 spiro atoms. The number of unbranched alkanes of at least 4 members (excludes halogenated alkanes) is 4. The summed E-state index contributed by atoms with van der Waals surface area (Å²) in [7, 11) is 0. The number of amides is 1. The zero-order valence-corrected chi connectivity index (χ0v) is 16.2. The molecule has 1 aromatic heterocycles. The fourth-order valence-electron chi connectivity index (χ4n) is 2.85. The first kappa shape index (κ1) is 20.9. The summed E-state index contributed by atoms with van der Waals surface area (Å²) in [4.78, 5) is 38.0. The number of nitrogens with one attached hydrogen (secondary N) is 1. The molecule has 1 N–H and O–H groups in total. The van der Waals surface area contributed by atoms with Crippen LogP contribution in [0.4, 0.5) is 0 Å². The molecule has 6 heteroatoms. The first-order valence-corrected chi connectivity index (χ1v) is 9.67. The number of hydrogen-bond acceptors (Lipinski definition) is 3. The van der Waals surface area contributed by atoms with Crippen LogP contribution in [0.2, 0.25) is 5.02 Å². The van der Waals surface area contributed by atoms with Crippen LogP contribution < -0.4 is 10.9 Å². The molecule has 0 bridgehead atoms. The molecule has 0 saturated heterocycles. The molecule has 144 valence electrons. The van der Waals surface area contributed by atoms with Crippen molar-refractivity contribution in [1.29, 1.82) is 0 Å². The molecular weight excluding hydrogens is 364 g/mol. The van der Waals surface area contributed by atoms with E-state index in [2.05, 4.69) is 12.2 Å². The maximum atomic E-state index is 13.0. The SMILES string of the molecule is CCCCCCCNC(=O)[C@H](C(=O)c1ccccc1)n1cc(Cl)ccc1=O. The van der Waals surface area contributed by atoms with Crippen molar-refractivity contribution in [3.63, 3.8) is 0 Å². The van der Waals surface area contributed by atoms with Crippen LogP contribution in [-0.4, -0.2) is 22.8 Å². The van der Waals surface area contributed by atoms with Gasteiger partial charge in [0.25, 0.3) is 11.5 Å². The average Bonchev–Trinajstić information content (AvgIpc) is 2.68. The van der Waals surface area contributed by atoms with Gasteiger partial charge in [0, 0.05) is 24.4 Å². The highest BCUT2D eigenvalue weighted by Crippen LogP contribution is 2.16. The number of hydrogen-bond donors (Lipinski definition) is 1. The topological polar surface area (TPSA) is 68.2 Å². The molecule has 1 aromatic carbocycles. The fraction of sp³-hybridized carbons (Fsp3) is 0.381. The maximum absolute atomic E-state index is 13.0. The van der Waals surface area contributed by atoms with Crippen molar-refractivity contribution >= 4 is 23.3 Å². The third kappa shape index (κ3) is 6.07. The molecule has 0 fully saturated rings. The molecule has 27 heavy (non-hydrogen) atoms. The molecule has 2 rings (SSSR count). The lowest BCUT2D eigenvalue weighted by Gasteiger charge is -2.19. The number of Topliss-reactive ketones (excluding diaryl/α,β-unsaturated/α-hetero) is 1. The van der Waals surface area contributed by atoms with E-state index in [1.54, 1.807) is 30.3 Å². The first-order chi connectivity index (χ1) is 13.0. The Morgan fingerprint density at radius 3 is 2.44 bits per heavy atom. The lowest BCUT2D eigenvalue weighted by Crippen LogP contribution is -2.41. The number of rotatable bonds is 10. The van der Waals surface area contributed by atoms with E-state index in [4.69, 9.17) is 11.6 Å². The minimum atomic E-state index is -1.28. The highest BCUT2D eigenvalue weighted by molar-refractivity contribution is 6.30. The van der Waals surface area contributed by atoms with Gasteiger partial charge in [-0.2, -0.15) is 0 Å². The van der Waals surface area contributed by atoms with Crippen molar-refractivity contribution < 1.29 is 9.59 Å². The second-order valence-corrected chi connectivity index (χ2v) is 6.87. The fourth-order valence-corrected chi connectivity index (χ4v) is 3.02. The standard InChI is InChI=1S/C21H25ClN2O3/c1-2-3-4-5-9-14-23-21(27)19(20(26)16-10-7-6-8-11-16)24-15-17(22)12-13-18(24)25/h6-8,10-13,15,19H,2-5,9,14H2,1H3,(H,23,27)/t19-/m0/s1. The lowest BCUT2D eigenvalue weighted by molar-refractivity contribution is -0.123. The van der Waals surface area contributed by atoms with Gasteiger partial charge in [-0.05, 0) is 12.5 Å². The molecule has 5 nitrogen and oxygen atoms in total. The van der Waals surface area contributed by atoms with Gasteiger partial charge in [-0.15, -0.1) is 0 Å². The van der Waals surface area contributed by atoms with Crippen LogP contribution in [-0.2, 0) is 4.79 Å². The van der Waals surface area contributed by atoms with Crippen molar-refractivity contribution in [3.8, 4) is 0 Å². The molecule has 1 atom stereocenters. The number of ketones is 1. The van der Waals surface area contributed by atoms with Gasteiger partial charge >= 0.3 is 0 Å². The molecule has 2 aromatic rings. The zero-order chi connectivity index (χ0) is 19.6. The van der Waals surface area contributed by atoms with E-state index in [0.29, 0.717) is 12.1 Å². The van der Waals surface area contributed by atoms with Gasteiger partial charge in [0.15, 0.2) is 11.8 Å². The Hall–Kier alpha value is -2.40. The monoisotopic (exact) mass is 388 g/mol. The number of aromatic nitrogens is 1. The summed E-state index contributed by atoms with van der Waals surface area (Å²) in [6.45, 7) is 2.61. The van der Waals surface area contributed by atoms with E-state index < -0.39 is 23.3 Å². The lowest BCUT2D eigenvalue weighted by atomic mass is 10.0. The molecular formula is C21H25ClN2O3. The van der Waals surface area contributed by atoms with Crippen molar-refractivity contribution in [2.24, 2.45) is 0 Å². The molecule has 0 aliphatic heterocycles. The summed E-state index contributed by atoms with van der Waals surface area (Å²) < 4.78 is 1.10. The third-order valence-corrected chi connectivity index (χ3v) is 4.54. The Bertz CT molecular complexity index is 818. The quantitative estimate of drug-likeness (QED) is 0.380. The Labute approximate surface area is 164 Å². The summed E-state index contributed by atoms with van der Waals surface area (Å²) in [6, 6.07) is 9.89. The van der Waals surface area contributed by atoms with Crippen LogP contribution in [0.15, 0.2) is 53.5 Å². The summed E-state index contributed by atoms with van der Waals surface area (Å²) in [6.07, 6.45) is 6.62. The van der Waals surface area contributed by atoms with E-state index in [0.717, 1.165) is 30.3 Å². The molecule has 1 heterocycles. The number of benzene rings is 1. The van der Waals surface area contributed by atoms with Gasteiger partial charge in [0.1, 0.15) is 0 Å². The summed E-state index contributed by atoms with van der Waals surface area (Å²) in [5.41, 5.74) is -0.0840. The van der Waals surface area contributed by atoms with E-state index in [1.165, 1.54) is 24.8 Å². The molecule has 0 saturated carbocycles. The van der Waals surface area contributed by atoms with E-state index in [-0.39, 0.29) is 5.02 Å². The summed E-state index contributed by atoms with van der Waals surface area (Å²) >= 11 is 5.99. The smallest absolute Gasteiger partial charge is 0.251 e. The van der Waals surface area contributed by atoms with Crippen LogP contribution in [0.25, 0.3) is 0 Å². The van der Waals surface area contributed by atoms with Crippen LogP contribution in [0, 0.1) is 0 Å². The van der Waals surface area contributed by atoms with Gasteiger partial charge in [0.2, 0.25) is 0 Å². The number of carbonyl (C=O) groups excluding carboxylic acids is 2. The largest absolute Gasteiger partial charge is 0.354 e. The maximum Gasteiger partial charge on any atom is 0.251 e. The van der Waals surface area contributed by atoms with Crippen LogP contribution in [0.5, 0.6) is 0 Å². The second kappa shape index (κ2) is 10.7. The van der Waals surface area contributed by atoms with Crippen molar-refractivity contribution in [1.82, 2.24) is 9.88 Å². The second-order valence-electron chi connectivity index (χ2n) is 6.43. The third-order valence-electron chi connectivity index (χ3n) is 4.31. The Kier molecular flexibility index (Phi) is 8.27. The number of nitrogens with zero attached hydrogens (tertiary/aromatic N) is 1. The van der Waals surface area contributed by atoms with Crippen LogP contribution in [0.3, 0.4) is 0 Å². The Morgan fingerprint density at radius 1 is 1.04 bits per heavy atom. The highest BCUT2D eigenvalue weighted by Gasteiger charge is 2.30. The average molecular weight is 389 g/mol. The minimum absolute atomic E-state index is 0.285. The van der Waals surface area contributed by atoms with Crippen LogP contribution >= 0.6 is 11.6 Å². The van der Waals surface area contributed by atoms with E-state index >= 15 is 0 Å². The molecule has 0 radical (unpaired) electrons. The van der Waals surface area contributed by atoms with Gasteiger partial charge in [-0.1, -0.05) is 74.5 Å². The van der Waals surface area contributed by atoms with Crippen molar-refractivity contribution in [2.75, 3.05) is 6.54 Å². The summed E-state index contributed by atoms with van der Waals surface area (Å²) in [5.74, 6) is -0.938. The van der Waals surface area contributed by atoms with Crippen LogP contribution in [0.1, 0.15) is 55.4 Å². The number of carbonyl (C=O) groups is 2. The normalized spacial score (nSPS) is 11.8.